The Morgan fingerprint density at radius 2 is 1.78 bits per heavy atom. The molecule has 0 bridgehead atoms. The molecule has 126 valence electrons. The molecule has 0 atom stereocenters. The maximum Gasteiger partial charge on any atom is 0.254 e. The molecule has 5 nitrogen and oxygen atoms in total. The molecule has 0 aromatic heterocycles. The van der Waals surface area contributed by atoms with E-state index in [1.54, 1.807) is 29.2 Å². The molecule has 1 heterocycles. The Hall–Kier alpha value is -1.88. The Morgan fingerprint density at radius 3 is 2.43 bits per heavy atom. The molecular formula is C18H26N2O3. The molecule has 1 saturated heterocycles. The highest BCUT2D eigenvalue weighted by molar-refractivity contribution is 5.95. The van der Waals surface area contributed by atoms with Gasteiger partial charge in [0.15, 0.2) is 0 Å². The highest BCUT2D eigenvalue weighted by atomic mass is 16.5. The fourth-order valence-electron chi connectivity index (χ4n) is 2.58. The number of carbonyl (C=O) groups excluding carboxylic acids is 2. The third-order valence-corrected chi connectivity index (χ3v) is 3.97. The standard InChI is InChI=1S/C18H26N2O3/c1-2-3-4-5-6-17(21)19-16-9-7-15(8-10-16)18(22)20-11-13-23-14-12-20/h7-10H,2-6,11-14H2,1H3,(H,19,21). The molecule has 1 aliphatic rings. The maximum atomic E-state index is 12.3. The average molecular weight is 318 g/mol. The SMILES string of the molecule is CCCCCCC(=O)Nc1ccc(C(=O)N2CCOCC2)cc1. The second-order valence-electron chi connectivity index (χ2n) is 5.84. The third kappa shape index (κ3) is 5.67. The van der Waals surface area contributed by atoms with Gasteiger partial charge in [0.1, 0.15) is 0 Å². The third-order valence-electron chi connectivity index (χ3n) is 3.97. The minimum Gasteiger partial charge on any atom is -0.378 e. The van der Waals surface area contributed by atoms with Crippen molar-refractivity contribution < 1.29 is 14.3 Å². The second-order valence-corrected chi connectivity index (χ2v) is 5.84. The highest BCUT2D eigenvalue weighted by Crippen LogP contribution is 2.13. The number of ether oxygens (including phenoxy) is 1. The van der Waals surface area contributed by atoms with Crippen LogP contribution in [0.1, 0.15) is 49.4 Å². The molecule has 5 heteroatoms. The number of morpholine rings is 1. The van der Waals surface area contributed by atoms with Gasteiger partial charge in [-0.1, -0.05) is 26.2 Å². The van der Waals surface area contributed by atoms with Crippen LogP contribution in [0.5, 0.6) is 0 Å². The van der Waals surface area contributed by atoms with E-state index in [2.05, 4.69) is 12.2 Å². The van der Waals surface area contributed by atoms with Gasteiger partial charge in [-0.25, -0.2) is 0 Å². The van der Waals surface area contributed by atoms with Gasteiger partial charge >= 0.3 is 0 Å². The number of hydrogen-bond acceptors (Lipinski definition) is 3. The lowest BCUT2D eigenvalue weighted by Gasteiger charge is -2.26. The summed E-state index contributed by atoms with van der Waals surface area (Å²) in [5.74, 6) is 0.0547. The Balaban J connectivity index is 1.81. The normalized spacial score (nSPS) is 14.6. The van der Waals surface area contributed by atoms with E-state index in [4.69, 9.17) is 4.74 Å². The molecular weight excluding hydrogens is 292 g/mol. The molecule has 0 aliphatic carbocycles. The largest absolute Gasteiger partial charge is 0.378 e. The van der Waals surface area contributed by atoms with Gasteiger partial charge in [0.2, 0.25) is 5.91 Å². The summed E-state index contributed by atoms with van der Waals surface area (Å²) in [5.41, 5.74) is 1.39. The van der Waals surface area contributed by atoms with Crippen molar-refractivity contribution in [2.24, 2.45) is 0 Å². The number of amides is 2. The van der Waals surface area contributed by atoms with Crippen LogP contribution in [0.2, 0.25) is 0 Å². The first kappa shape index (κ1) is 17.5. The van der Waals surface area contributed by atoms with Crippen LogP contribution in [-0.2, 0) is 9.53 Å². The van der Waals surface area contributed by atoms with Crippen LogP contribution in [0.3, 0.4) is 0 Å². The Morgan fingerprint density at radius 1 is 1.09 bits per heavy atom. The predicted molar refractivity (Wildman–Crippen MR) is 90.6 cm³/mol. The summed E-state index contributed by atoms with van der Waals surface area (Å²) in [4.78, 5) is 26.0. The lowest BCUT2D eigenvalue weighted by molar-refractivity contribution is -0.116. The lowest BCUT2D eigenvalue weighted by atomic mass is 10.1. The fourth-order valence-corrected chi connectivity index (χ4v) is 2.58. The van der Waals surface area contributed by atoms with E-state index in [9.17, 15) is 9.59 Å². The molecule has 0 radical (unpaired) electrons. The van der Waals surface area contributed by atoms with Crippen molar-refractivity contribution >= 4 is 17.5 Å². The van der Waals surface area contributed by atoms with Crippen LogP contribution in [0.4, 0.5) is 5.69 Å². The number of hydrogen-bond donors (Lipinski definition) is 1. The molecule has 1 N–H and O–H groups in total. The zero-order valence-electron chi connectivity index (χ0n) is 13.8. The van der Waals surface area contributed by atoms with Crippen molar-refractivity contribution in [3.05, 3.63) is 29.8 Å². The average Bonchev–Trinajstić information content (AvgIpc) is 2.59. The zero-order chi connectivity index (χ0) is 16.5. The Labute approximate surface area is 138 Å². The lowest BCUT2D eigenvalue weighted by Crippen LogP contribution is -2.40. The Kier molecular flexibility index (Phi) is 7.07. The van der Waals surface area contributed by atoms with E-state index in [-0.39, 0.29) is 11.8 Å². The summed E-state index contributed by atoms with van der Waals surface area (Å²) in [6, 6.07) is 7.12. The van der Waals surface area contributed by atoms with E-state index >= 15 is 0 Å². The summed E-state index contributed by atoms with van der Waals surface area (Å²) >= 11 is 0. The molecule has 23 heavy (non-hydrogen) atoms. The minimum atomic E-state index is 0.0192. The number of unbranched alkanes of at least 4 members (excludes halogenated alkanes) is 3. The van der Waals surface area contributed by atoms with Gasteiger partial charge in [-0.05, 0) is 30.7 Å². The molecule has 2 amide bonds. The second kappa shape index (κ2) is 9.30. The minimum absolute atomic E-state index is 0.0192. The van der Waals surface area contributed by atoms with Crippen molar-refractivity contribution in [3.8, 4) is 0 Å². The summed E-state index contributed by atoms with van der Waals surface area (Å²) in [7, 11) is 0. The molecule has 1 aliphatic heterocycles. The number of benzene rings is 1. The van der Waals surface area contributed by atoms with Crippen LogP contribution >= 0.6 is 0 Å². The molecule has 2 rings (SSSR count). The number of carbonyl (C=O) groups is 2. The quantitative estimate of drug-likeness (QED) is 0.786. The molecule has 0 spiro atoms. The van der Waals surface area contributed by atoms with E-state index in [1.165, 1.54) is 12.8 Å². The van der Waals surface area contributed by atoms with Gasteiger partial charge in [0.25, 0.3) is 5.91 Å². The smallest absolute Gasteiger partial charge is 0.254 e. The predicted octanol–water partition coefficient (Wildman–Crippen LogP) is 3.07. The maximum absolute atomic E-state index is 12.3. The first-order valence-corrected chi connectivity index (χ1v) is 8.47. The first-order valence-electron chi connectivity index (χ1n) is 8.47. The molecule has 1 fully saturated rings. The molecule has 1 aromatic carbocycles. The van der Waals surface area contributed by atoms with Gasteiger partial charge in [-0.3, -0.25) is 9.59 Å². The number of rotatable bonds is 7. The van der Waals surface area contributed by atoms with Crippen LogP contribution in [0.25, 0.3) is 0 Å². The first-order chi connectivity index (χ1) is 11.2. The van der Waals surface area contributed by atoms with E-state index in [0.29, 0.717) is 38.3 Å². The summed E-state index contributed by atoms with van der Waals surface area (Å²) in [5, 5.41) is 2.88. The molecule has 1 aromatic rings. The van der Waals surface area contributed by atoms with Gasteiger partial charge < -0.3 is 15.0 Å². The van der Waals surface area contributed by atoms with Gasteiger partial charge in [0, 0.05) is 30.8 Å². The monoisotopic (exact) mass is 318 g/mol. The topological polar surface area (TPSA) is 58.6 Å². The van der Waals surface area contributed by atoms with Crippen LogP contribution in [0.15, 0.2) is 24.3 Å². The van der Waals surface area contributed by atoms with Crippen LogP contribution < -0.4 is 5.32 Å². The van der Waals surface area contributed by atoms with Crippen LogP contribution in [-0.4, -0.2) is 43.0 Å². The van der Waals surface area contributed by atoms with Crippen LogP contribution in [0, 0.1) is 0 Å². The zero-order valence-corrected chi connectivity index (χ0v) is 13.8. The number of anilines is 1. The van der Waals surface area contributed by atoms with Gasteiger partial charge in [-0.2, -0.15) is 0 Å². The highest BCUT2D eigenvalue weighted by Gasteiger charge is 2.18. The van der Waals surface area contributed by atoms with Crippen molar-refractivity contribution in [1.82, 2.24) is 4.90 Å². The van der Waals surface area contributed by atoms with Crippen molar-refractivity contribution in [3.63, 3.8) is 0 Å². The Bertz CT molecular complexity index is 508. The van der Waals surface area contributed by atoms with Crippen molar-refractivity contribution in [1.29, 1.82) is 0 Å². The van der Waals surface area contributed by atoms with E-state index in [0.717, 1.165) is 18.5 Å². The molecule has 0 unspecified atom stereocenters. The summed E-state index contributed by atoms with van der Waals surface area (Å²) < 4.78 is 5.25. The summed E-state index contributed by atoms with van der Waals surface area (Å²) in [6.45, 7) is 4.61. The fraction of sp³-hybridized carbons (Fsp3) is 0.556. The van der Waals surface area contributed by atoms with E-state index in [1.807, 2.05) is 0 Å². The van der Waals surface area contributed by atoms with E-state index < -0.39 is 0 Å². The molecule has 0 saturated carbocycles. The van der Waals surface area contributed by atoms with Gasteiger partial charge in [-0.15, -0.1) is 0 Å². The van der Waals surface area contributed by atoms with Crippen molar-refractivity contribution in [2.75, 3.05) is 31.6 Å². The van der Waals surface area contributed by atoms with Crippen molar-refractivity contribution in [2.45, 2.75) is 39.0 Å². The number of nitrogens with one attached hydrogen (secondary N) is 1. The summed E-state index contributed by atoms with van der Waals surface area (Å²) in [6.07, 6.45) is 4.91. The number of nitrogens with zero attached hydrogens (tertiary/aromatic N) is 1. The van der Waals surface area contributed by atoms with Gasteiger partial charge in [0.05, 0.1) is 13.2 Å².